The van der Waals surface area contributed by atoms with Crippen molar-refractivity contribution in [2.45, 2.75) is 306 Å². The summed E-state index contributed by atoms with van der Waals surface area (Å²) in [4.78, 5) is 264. The van der Waals surface area contributed by atoms with Gasteiger partial charge in [0.2, 0.25) is 77.6 Å². The van der Waals surface area contributed by atoms with Gasteiger partial charge in [-0.05, 0) is 157 Å². The van der Waals surface area contributed by atoms with Crippen LogP contribution in [0.25, 0.3) is 0 Å². The molecule has 4 fully saturated rings. The number of fused-ring (bicyclic) bond motifs is 5. The number of hydrogen-bond acceptors (Lipinski definition) is 28. The third-order valence-corrected chi connectivity index (χ3v) is 27.6. The van der Waals surface area contributed by atoms with E-state index in [-0.39, 0.29) is 145 Å². The monoisotopic (exact) mass is 1950 g/mol. The number of aliphatic hydroxyl groups is 2. The van der Waals surface area contributed by atoms with E-state index < -0.39 is 247 Å². The molecule has 11 amide bonds. The van der Waals surface area contributed by atoms with Crippen LogP contribution < -0.4 is 21.3 Å². The summed E-state index contributed by atoms with van der Waals surface area (Å²) in [6.45, 7) is 29.8. The summed E-state index contributed by atoms with van der Waals surface area (Å²) in [5, 5.41) is 34.6. The summed E-state index contributed by atoms with van der Waals surface area (Å²) >= 11 is 0. The Bertz CT molecular complexity index is 4360. The van der Waals surface area contributed by atoms with E-state index in [0.717, 1.165) is 25.2 Å². The number of Topliss-reactive ketones (excluding diaryl/α,β-unsaturated/α-hetero) is 1. The fourth-order valence-electron chi connectivity index (χ4n) is 19.6. The van der Waals surface area contributed by atoms with Crippen LogP contribution in [0.1, 0.15) is 228 Å². The second-order valence-electron chi connectivity index (χ2n) is 40.6. The summed E-state index contributed by atoms with van der Waals surface area (Å²) in [7, 11) is 9.42. The highest BCUT2D eigenvalue weighted by Crippen LogP contribution is 2.67. The highest BCUT2D eigenvalue weighted by Gasteiger charge is 2.68. The fraction of sp³-hybridized carbons (Fsp3) is 0.758. The van der Waals surface area contributed by atoms with Gasteiger partial charge in [0.25, 0.3) is 0 Å². The third-order valence-electron chi connectivity index (χ3n) is 27.6. The van der Waals surface area contributed by atoms with Crippen molar-refractivity contribution in [2.75, 3.05) is 109 Å². The quantitative estimate of drug-likeness (QED) is 0.0143. The molecule has 13 unspecified atom stereocenters. The van der Waals surface area contributed by atoms with Crippen LogP contribution >= 0.6 is 0 Å². The second kappa shape index (κ2) is 53.9. The smallest absolute Gasteiger partial charge is 0.463 e. The fourth-order valence-corrected chi connectivity index (χ4v) is 19.6. The van der Waals surface area contributed by atoms with E-state index in [1.807, 2.05) is 75.3 Å². The van der Waals surface area contributed by atoms with Crippen molar-refractivity contribution in [1.29, 1.82) is 0 Å². The molecular weight excluding hydrogens is 1790 g/mol. The minimum Gasteiger partial charge on any atom is -0.463 e. The van der Waals surface area contributed by atoms with Gasteiger partial charge in [-0.3, -0.25) is 81.5 Å². The number of likely N-dealkylation sites (N-methyl/N-ethyl adjacent to an activating group) is 7. The Morgan fingerprint density at radius 2 is 1.00 bits per heavy atom. The molecule has 1 aliphatic heterocycles. The van der Waals surface area contributed by atoms with E-state index in [4.69, 9.17) is 37.9 Å². The molecule has 39 nitrogen and oxygen atoms in total. The van der Waals surface area contributed by atoms with E-state index in [1.54, 1.807) is 72.8 Å². The first-order chi connectivity index (χ1) is 64.5. The van der Waals surface area contributed by atoms with E-state index in [2.05, 4.69) is 21.3 Å². The SMILES string of the molecule is C/C=C/C[C@@H](C)C(OC(=O)OCOC(=O)CCC(=O)OCCOCCOCCOC(=O)CCC(=O)OCC(=O)[C@@]1(O)CCC2C3CCC4=CC(=O)C=C[C@]4(C)C3[C@@H](O)C[C@@]21C)C1C(=O)NC(CC)C(=O)N(C)CC(=O)N(C)[C@@H](CC(C)C)C(=O)NC(C(C)C)C(=O)N(C)C(CC(C)C)C(=O)NC(C)C(=O)NC(C)C(=O)N(C)C(CC(C)C)C(=O)N(C)C(CC(C)C)C(=O)N(C)C(C(C)C)C(=O)N1C. The highest BCUT2D eigenvalue weighted by atomic mass is 16.8. The first-order valence-corrected chi connectivity index (χ1v) is 48.6. The number of amides is 11. The number of rotatable bonds is 36. The van der Waals surface area contributed by atoms with Crippen LogP contribution in [0.5, 0.6) is 0 Å². The Morgan fingerprint density at radius 1 is 0.522 bits per heavy atom. The zero-order chi connectivity index (χ0) is 104. The minimum absolute atomic E-state index is 0.0197. The van der Waals surface area contributed by atoms with Gasteiger partial charge in [-0.2, -0.15) is 0 Å². The molecule has 5 aliphatic rings. The summed E-state index contributed by atoms with van der Waals surface area (Å²) < 4.78 is 42.9. The molecule has 1 saturated heterocycles. The zero-order valence-corrected chi connectivity index (χ0v) is 86.2. The molecule has 6 N–H and O–H groups in total. The average Bonchev–Trinajstić information content (AvgIpc) is 1.51. The lowest BCUT2D eigenvalue weighted by atomic mass is 9.46. The Morgan fingerprint density at radius 3 is 1.52 bits per heavy atom. The Kier molecular flexibility index (Phi) is 46.2. The second-order valence-corrected chi connectivity index (χ2v) is 40.6. The number of allylic oxidation sites excluding steroid dienone is 6. The van der Waals surface area contributed by atoms with E-state index in [0.29, 0.717) is 19.3 Å². The van der Waals surface area contributed by atoms with Crippen molar-refractivity contribution in [3.05, 3.63) is 36.0 Å². The number of ether oxygens (including phenoxy) is 8. The Labute approximate surface area is 813 Å². The van der Waals surface area contributed by atoms with Crippen LogP contribution in [-0.2, 0) is 119 Å². The molecule has 0 aromatic heterocycles. The van der Waals surface area contributed by atoms with Crippen molar-refractivity contribution in [2.24, 2.45) is 70.0 Å². The van der Waals surface area contributed by atoms with Crippen LogP contribution in [0.15, 0.2) is 36.0 Å². The maximum atomic E-state index is 15.9. The lowest BCUT2D eigenvalue weighted by Crippen LogP contribution is -2.64. The molecule has 19 atom stereocenters. The van der Waals surface area contributed by atoms with Crippen molar-refractivity contribution in [1.82, 2.24) is 55.6 Å². The number of carbonyl (C=O) groups is 18. The van der Waals surface area contributed by atoms with Crippen molar-refractivity contribution in [3.8, 4) is 0 Å². The molecule has 138 heavy (non-hydrogen) atoms. The van der Waals surface area contributed by atoms with Crippen LogP contribution in [-0.4, -0.2) is 338 Å². The van der Waals surface area contributed by atoms with Crippen LogP contribution in [0.4, 0.5) is 4.79 Å². The maximum absolute atomic E-state index is 15.9. The summed E-state index contributed by atoms with van der Waals surface area (Å²) in [6, 6.07) is -13.8. The van der Waals surface area contributed by atoms with Gasteiger partial charge in [-0.1, -0.05) is 135 Å². The number of ketones is 2. The van der Waals surface area contributed by atoms with Gasteiger partial charge in [0.15, 0.2) is 12.4 Å². The number of aliphatic hydroxyl groups excluding tert-OH is 1. The predicted molar refractivity (Wildman–Crippen MR) is 506 cm³/mol. The normalized spacial score (nSPS) is 28.1. The van der Waals surface area contributed by atoms with E-state index in [9.17, 15) is 77.3 Å². The Hall–Kier alpha value is -10.3. The highest BCUT2D eigenvalue weighted by molar-refractivity contribution is 6.02. The van der Waals surface area contributed by atoms with Gasteiger partial charge < -0.3 is 104 Å². The van der Waals surface area contributed by atoms with E-state index >= 15 is 19.2 Å². The van der Waals surface area contributed by atoms with Crippen molar-refractivity contribution >= 4 is 107 Å². The molecule has 0 aromatic carbocycles. The molecule has 0 radical (unpaired) electrons. The first-order valence-electron chi connectivity index (χ1n) is 48.6. The lowest BCUT2D eigenvalue weighted by Gasteiger charge is -2.59. The topological polar surface area (TPSA) is 492 Å². The van der Waals surface area contributed by atoms with Gasteiger partial charge >= 0.3 is 30.0 Å². The molecule has 1 heterocycles. The van der Waals surface area contributed by atoms with Gasteiger partial charge in [0, 0.05) is 66.1 Å². The molecule has 0 spiro atoms. The lowest BCUT2D eigenvalue weighted by molar-refractivity contribution is -0.181. The predicted octanol–water partition coefficient (Wildman–Crippen LogP) is 5.73. The molecule has 3 saturated carbocycles. The molecular formula is C99H159N11O28. The van der Waals surface area contributed by atoms with E-state index in [1.165, 1.54) is 77.9 Å². The molecule has 0 aromatic rings. The van der Waals surface area contributed by atoms with Gasteiger partial charge in [0.1, 0.15) is 85.3 Å². The largest absolute Gasteiger partial charge is 0.511 e. The summed E-state index contributed by atoms with van der Waals surface area (Å²) in [6.07, 6.45) is 4.86. The number of esters is 4. The van der Waals surface area contributed by atoms with Crippen molar-refractivity contribution < 1.29 is 134 Å². The number of carbonyl (C=O) groups excluding carboxylic acids is 18. The van der Waals surface area contributed by atoms with Gasteiger partial charge in [-0.15, -0.1) is 0 Å². The standard InChI is InChI=1S/C99H159N11O28/c1-27-29-30-62(15)85(138-96(129)137-55-136-80(118)36-34-78(116)134-46-44-132-42-41-131-43-45-133-77(115)33-35-79(117)135-54-75(113)99(130)40-38-68-67-32-31-65-51-66(111)37-39-97(65,18)81(67)74(112)52-98(68,99)19)84-89(122)102-69(28-2)91(124)104(20)53-76(114)105(21)70(47-56(3)4)88(121)103-82(60(11)12)94(127)106(22)71(48-57(5)6)87(120)100-63(16)86(119)101-64(17)90(123)107(23)72(49-58(7)8)92(125)108(24)73(50-59(9)10)93(126)109(25)83(61(13)14)95(128)110(84)26/h27,29,37,39,51,56-64,67-74,81-85,112,130H,28,30-36,38,40-50,52-55H2,1-26H3,(H,100,120)(H,101,119)(H,102,122)(H,103,121)/b29-27+/t62-,63?,64?,67?,68?,69?,70+,71?,72?,73?,74+,81?,82?,83?,84?,85?,97+,98+,99+/m1/s1. The third kappa shape index (κ3) is 31.6. The van der Waals surface area contributed by atoms with Crippen LogP contribution in [0.2, 0.25) is 0 Å². The Balaban J connectivity index is 1.28. The molecule has 0 bridgehead atoms. The van der Waals surface area contributed by atoms with Gasteiger partial charge in [0.05, 0.1) is 64.8 Å². The summed E-state index contributed by atoms with van der Waals surface area (Å²) in [5.74, 6) is -16.4. The number of nitrogens with zero attached hydrogens (tertiary/aromatic N) is 7. The molecule has 778 valence electrons. The molecule has 5 rings (SSSR count). The molecule has 4 aliphatic carbocycles. The number of hydrogen-bond donors (Lipinski definition) is 6. The maximum Gasteiger partial charge on any atom is 0.511 e. The zero-order valence-electron chi connectivity index (χ0n) is 86.2. The first kappa shape index (κ1) is 118. The minimum atomic E-state index is -1.93. The number of nitrogens with one attached hydrogen (secondary N) is 4. The van der Waals surface area contributed by atoms with Crippen LogP contribution in [0.3, 0.4) is 0 Å². The molecule has 39 heteroatoms. The van der Waals surface area contributed by atoms with Crippen molar-refractivity contribution in [3.63, 3.8) is 0 Å². The summed E-state index contributed by atoms with van der Waals surface area (Å²) in [5.41, 5.74) is -2.40. The van der Waals surface area contributed by atoms with Crippen LogP contribution in [0, 0.1) is 70.0 Å². The van der Waals surface area contributed by atoms with Gasteiger partial charge in [-0.25, -0.2) is 4.79 Å². The average molecular weight is 1950 g/mol.